The fourth-order valence-electron chi connectivity index (χ4n) is 1.45. The molecule has 2 rings (SSSR count). The lowest BCUT2D eigenvalue weighted by atomic mass is 10.1. The fraction of sp³-hybridized carbons (Fsp3) is 0.0909. The van der Waals surface area contributed by atoms with E-state index in [2.05, 4.69) is 4.98 Å². The molecule has 0 spiro atoms. The van der Waals surface area contributed by atoms with Gasteiger partial charge in [0.05, 0.1) is 11.1 Å². The molecular formula is C11H6F3NO. The van der Waals surface area contributed by atoms with Gasteiger partial charge in [0, 0.05) is 5.39 Å². The molecule has 0 aliphatic rings. The van der Waals surface area contributed by atoms with Gasteiger partial charge in [0.1, 0.15) is 5.69 Å². The van der Waals surface area contributed by atoms with Gasteiger partial charge in [0.15, 0.2) is 6.29 Å². The predicted octanol–water partition coefficient (Wildman–Crippen LogP) is 3.07. The number of halogens is 3. The van der Waals surface area contributed by atoms with Crippen molar-refractivity contribution in [3.63, 3.8) is 0 Å². The van der Waals surface area contributed by atoms with Crippen molar-refractivity contribution in [3.05, 3.63) is 41.6 Å². The molecule has 82 valence electrons. The van der Waals surface area contributed by atoms with E-state index in [0.29, 0.717) is 10.9 Å². The second kappa shape index (κ2) is 3.59. The van der Waals surface area contributed by atoms with Gasteiger partial charge in [-0.05, 0) is 12.1 Å². The van der Waals surface area contributed by atoms with Crippen LogP contribution in [0.5, 0.6) is 0 Å². The van der Waals surface area contributed by atoms with Crippen LogP contribution in [0.1, 0.15) is 16.1 Å². The van der Waals surface area contributed by atoms with Gasteiger partial charge in [-0.2, -0.15) is 13.2 Å². The van der Waals surface area contributed by atoms with Crippen molar-refractivity contribution in [3.8, 4) is 0 Å². The van der Waals surface area contributed by atoms with Gasteiger partial charge < -0.3 is 0 Å². The molecule has 0 aliphatic carbocycles. The van der Waals surface area contributed by atoms with E-state index >= 15 is 0 Å². The highest BCUT2D eigenvalue weighted by Gasteiger charge is 2.34. The largest absolute Gasteiger partial charge is 0.418 e. The molecule has 0 saturated heterocycles. The first-order valence-electron chi connectivity index (χ1n) is 4.44. The van der Waals surface area contributed by atoms with Crippen LogP contribution >= 0.6 is 0 Å². The Hall–Kier alpha value is -1.91. The maximum absolute atomic E-state index is 12.6. The summed E-state index contributed by atoms with van der Waals surface area (Å²) in [5.74, 6) is 0. The van der Waals surface area contributed by atoms with Crippen molar-refractivity contribution in [2.24, 2.45) is 0 Å². The summed E-state index contributed by atoms with van der Waals surface area (Å²) in [5, 5.41) is 0.362. The number of fused-ring (bicyclic) bond motifs is 1. The molecule has 0 bridgehead atoms. The highest BCUT2D eigenvalue weighted by atomic mass is 19.4. The molecule has 0 saturated carbocycles. The van der Waals surface area contributed by atoms with Gasteiger partial charge in [-0.1, -0.05) is 18.2 Å². The van der Waals surface area contributed by atoms with Crippen LogP contribution in [-0.2, 0) is 6.18 Å². The molecule has 0 unspecified atom stereocenters. The van der Waals surface area contributed by atoms with Crippen LogP contribution in [0.3, 0.4) is 0 Å². The summed E-state index contributed by atoms with van der Waals surface area (Å²) in [7, 11) is 0. The average molecular weight is 225 g/mol. The van der Waals surface area contributed by atoms with Crippen LogP contribution < -0.4 is 0 Å². The summed E-state index contributed by atoms with van der Waals surface area (Å²) in [5.41, 5.74) is -1.20. The summed E-state index contributed by atoms with van der Waals surface area (Å²) in [6.45, 7) is 0. The zero-order chi connectivity index (χ0) is 11.8. The van der Waals surface area contributed by atoms with E-state index in [9.17, 15) is 18.0 Å². The first-order chi connectivity index (χ1) is 7.52. The van der Waals surface area contributed by atoms with E-state index in [4.69, 9.17) is 0 Å². The van der Waals surface area contributed by atoms with Crippen molar-refractivity contribution in [2.45, 2.75) is 6.18 Å². The molecule has 0 N–H and O–H groups in total. The Bertz CT molecular complexity index is 548. The van der Waals surface area contributed by atoms with Crippen molar-refractivity contribution in [2.75, 3.05) is 0 Å². The molecule has 0 amide bonds. The van der Waals surface area contributed by atoms with Crippen molar-refractivity contribution in [1.29, 1.82) is 0 Å². The number of pyridine rings is 1. The minimum Gasteiger partial charge on any atom is -0.296 e. The van der Waals surface area contributed by atoms with E-state index < -0.39 is 17.4 Å². The lowest BCUT2D eigenvalue weighted by molar-refractivity contribution is -0.138. The maximum atomic E-state index is 12.6. The molecule has 0 aliphatic heterocycles. The van der Waals surface area contributed by atoms with Gasteiger partial charge in [-0.25, -0.2) is 4.98 Å². The number of alkyl halides is 3. The van der Waals surface area contributed by atoms with Crippen molar-refractivity contribution < 1.29 is 18.0 Å². The molecule has 2 aromatic rings. The highest BCUT2D eigenvalue weighted by Crippen LogP contribution is 2.32. The van der Waals surface area contributed by atoms with Crippen LogP contribution in [0, 0.1) is 0 Å². The van der Waals surface area contributed by atoms with Crippen LogP contribution in [0.25, 0.3) is 10.9 Å². The Morgan fingerprint density at radius 1 is 1.19 bits per heavy atom. The zero-order valence-electron chi connectivity index (χ0n) is 7.95. The molecule has 5 heteroatoms. The topological polar surface area (TPSA) is 30.0 Å². The van der Waals surface area contributed by atoms with E-state index in [1.54, 1.807) is 18.2 Å². The van der Waals surface area contributed by atoms with E-state index in [1.807, 2.05) is 0 Å². The Balaban J connectivity index is 2.77. The average Bonchev–Trinajstić information content (AvgIpc) is 2.26. The van der Waals surface area contributed by atoms with Gasteiger partial charge >= 0.3 is 6.18 Å². The number of aldehydes is 1. The third-order valence-corrected chi connectivity index (χ3v) is 2.17. The van der Waals surface area contributed by atoms with Gasteiger partial charge in [0.2, 0.25) is 0 Å². The van der Waals surface area contributed by atoms with Crippen LogP contribution in [-0.4, -0.2) is 11.3 Å². The second-order valence-corrected chi connectivity index (χ2v) is 3.23. The molecule has 0 radical (unpaired) electrons. The maximum Gasteiger partial charge on any atom is 0.418 e. The van der Waals surface area contributed by atoms with E-state index in [1.165, 1.54) is 6.07 Å². The summed E-state index contributed by atoms with van der Waals surface area (Å²) in [4.78, 5) is 14.2. The molecule has 1 aromatic heterocycles. The lowest BCUT2D eigenvalue weighted by Crippen LogP contribution is -2.10. The molecule has 0 fully saturated rings. The van der Waals surface area contributed by atoms with Crippen molar-refractivity contribution >= 4 is 17.2 Å². The fourth-order valence-corrected chi connectivity index (χ4v) is 1.45. The summed E-state index contributed by atoms with van der Waals surface area (Å²) in [6, 6.07) is 7.28. The van der Waals surface area contributed by atoms with E-state index in [0.717, 1.165) is 6.07 Å². The number of carbonyl (C=O) groups excluding carboxylic acids is 1. The summed E-state index contributed by atoms with van der Waals surface area (Å²) < 4.78 is 37.7. The number of hydrogen-bond donors (Lipinski definition) is 0. The minimum atomic E-state index is -4.56. The smallest absolute Gasteiger partial charge is 0.296 e. The summed E-state index contributed by atoms with van der Waals surface area (Å²) >= 11 is 0. The van der Waals surface area contributed by atoms with Gasteiger partial charge in [0.25, 0.3) is 0 Å². The van der Waals surface area contributed by atoms with E-state index in [-0.39, 0.29) is 6.29 Å². The third-order valence-electron chi connectivity index (χ3n) is 2.17. The number of nitrogens with zero attached hydrogens (tertiary/aromatic N) is 1. The molecular weight excluding hydrogens is 219 g/mol. The van der Waals surface area contributed by atoms with Crippen LogP contribution in [0.4, 0.5) is 13.2 Å². The Morgan fingerprint density at radius 3 is 2.50 bits per heavy atom. The standard InChI is InChI=1S/C11H6F3NO/c12-11(13,14)8-5-7-3-1-2-4-9(7)15-10(8)6-16/h1-6H. The van der Waals surface area contributed by atoms with Gasteiger partial charge in [-0.15, -0.1) is 0 Å². The normalized spacial score (nSPS) is 11.7. The number of benzene rings is 1. The Morgan fingerprint density at radius 2 is 1.88 bits per heavy atom. The van der Waals surface area contributed by atoms with Gasteiger partial charge in [-0.3, -0.25) is 4.79 Å². The molecule has 0 atom stereocenters. The number of rotatable bonds is 1. The molecule has 2 nitrogen and oxygen atoms in total. The number of aromatic nitrogens is 1. The van der Waals surface area contributed by atoms with Crippen molar-refractivity contribution in [1.82, 2.24) is 4.98 Å². The van der Waals surface area contributed by atoms with Crippen LogP contribution in [0.2, 0.25) is 0 Å². The quantitative estimate of drug-likeness (QED) is 0.698. The highest BCUT2D eigenvalue weighted by molar-refractivity contribution is 5.85. The molecule has 1 heterocycles. The number of para-hydroxylation sites is 1. The number of hydrogen-bond acceptors (Lipinski definition) is 2. The molecule has 1 aromatic carbocycles. The summed E-state index contributed by atoms with van der Waals surface area (Å²) in [6.07, 6.45) is -4.44. The Labute approximate surface area is 88.7 Å². The monoisotopic (exact) mass is 225 g/mol. The van der Waals surface area contributed by atoms with Crippen LogP contribution in [0.15, 0.2) is 30.3 Å². The lowest BCUT2D eigenvalue weighted by Gasteiger charge is -2.09. The first-order valence-corrected chi connectivity index (χ1v) is 4.44. The first kappa shape index (κ1) is 10.6. The molecule has 16 heavy (non-hydrogen) atoms. The SMILES string of the molecule is O=Cc1nc2ccccc2cc1C(F)(F)F. The minimum absolute atomic E-state index is 0.120. The second-order valence-electron chi connectivity index (χ2n) is 3.23. The predicted molar refractivity (Wildman–Crippen MR) is 52.1 cm³/mol. The third kappa shape index (κ3) is 1.76. The zero-order valence-corrected chi connectivity index (χ0v) is 7.95. The Kier molecular flexibility index (Phi) is 2.38. The number of carbonyl (C=O) groups is 1.